The normalized spacial score (nSPS) is 13.0. The van der Waals surface area contributed by atoms with E-state index in [2.05, 4.69) is 16.8 Å². The summed E-state index contributed by atoms with van der Waals surface area (Å²) in [5, 5.41) is 16.7. The Kier molecular flexibility index (Phi) is 5.62. The number of non-ortho nitro benzene ring substituents is 1. The zero-order valence-corrected chi connectivity index (χ0v) is 19.3. The second-order valence-corrected chi connectivity index (χ2v) is 9.32. The number of carbonyl (C=O) groups is 2. The molecular formula is C25H22N4O4S. The molecule has 0 saturated heterocycles. The fourth-order valence-corrected chi connectivity index (χ4v) is 5.27. The summed E-state index contributed by atoms with van der Waals surface area (Å²) >= 11 is 1.73. The highest BCUT2D eigenvalue weighted by Gasteiger charge is 2.24. The van der Waals surface area contributed by atoms with Crippen molar-refractivity contribution in [2.45, 2.75) is 26.4 Å². The molecule has 2 aromatic heterocycles. The molecule has 8 nitrogen and oxygen atoms in total. The molecule has 172 valence electrons. The quantitative estimate of drug-likeness (QED) is 0.333. The van der Waals surface area contributed by atoms with E-state index in [1.54, 1.807) is 52.4 Å². The van der Waals surface area contributed by atoms with Crippen molar-refractivity contribution in [3.05, 3.63) is 91.8 Å². The lowest BCUT2D eigenvalue weighted by atomic mass is 10.0. The van der Waals surface area contributed by atoms with Gasteiger partial charge in [-0.25, -0.2) is 0 Å². The minimum absolute atomic E-state index is 0.00994. The van der Waals surface area contributed by atoms with E-state index < -0.39 is 4.92 Å². The van der Waals surface area contributed by atoms with E-state index in [0.29, 0.717) is 29.7 Å². The number of hydrogen-bond donors (Lipinski definition) is 1. The Morgan fingerprint density at radius 2 is 2.03 bits per heavy atom. The van der Waals surface area contributed by atoms with Gasteiger partial charge < -0.3 is 14.8 Å². The minimum atomic E-state index is -0.441. The zero-order chi connectivity index (χ0) is 23.8. The number of nitrogens with one attached hydrogen (secondary N) is 1. The van der Waals surface area contributed by atoms with Crippen LogP contribution in [-0.4, -0.2) is 32.7 Å². The second kappa shape index (κ2) is 8.75. The number of carbonyl (C=O) groups excluding carboxylic acids is 2. The molecule has 9 heteroatoms. The van der Waals surface area contributed by atoms with Crippen molar-refractivity contribution in [1.82, 2.24) is 9.47 Å². The molecule has 1 aliphatic rings. The van der Waals surface area contributed by atoms with Crippen molar-refractivity contribution < 1.29 is 14.5 Å². The first-order chi connectivity index (χ1) is 16.4. The molecule has 1 aliphatic heterocycles. The number of nitro groups is 1. The molecule has 4 aromatic rings. The maximum atomic E-state index is 13.2. The summed E-state index contributed by atoms with van der Waals surface area (Å²) in [6.07, 6.45) is 2.60. The van der Waals surface area contributed by atoms with E-state index in [-0.39, 0.29) is 24.0 Å². The topological polar surface area (TPSA) is 97.5 Å². The largest absolute Gasteiger partial charge is 0.338 e. The van der Waals surface area contributed by atoms with Gasteiger partial charge in [0.05, 0.1) is 4.92 Å². The Bertz CT molecular complexity index is 1440. The number of anilines is 1. The van der Waals surface area contributed by atoms with Crippen LogP contribution < -0.4 is 5.32 Å². The average molecular weight is 475 g/mol. The number of fused-ring (bicyclic) bond motifs is 2. The number of nitrogens with zero attached hydrogens (tertiary/aromatic N) is 3. The number of aromatic nitrogens is 1. The number of amides is 2. The van der Waals surface area contributed by atoms with Crippen LogP contribution in [0, 0.1) is 17.0 Å². The number of thiophene rings is 1. The number of benzene rings is 2. The van der Waals surface area contributed by atoms with E-state index in [1.165, 1.54) is 22.6 Å². The van der Waals surface area contributed by atoms with Gasteiger partial charge in [0.25, 0.3) is 11.6 Å². The fourth-order valence-electron chi connectivity index (χ4n) is 4.38. The monoisotopic (exact) mass is 474 g/mol. The van der Waals surface area contributed by atoms with Crippen LogP contribution in [0.25, 0.3) is 10.9 Å². The molecule has 0 saturated carbocycles. The average Bonchev–Trinajstić information content (AvgIpc) is 3.46. The van der Waals surface area contributed by atoms with Crippen LogP contribution in [0.4, 0.5) is 11.4 Å². The third-order valence-corrected chi connectivity index (χ3v) is 7.24. The van der Waals surface area contributed by atoms with Crippen LogP contribution in [-0.2, 0) is 24.3 Å². The van der Waals surface area contributed by atoms with E-state index in [0.717, 1.165) is 17.5 Å². The van der Waals surface area contributed by atoms with Crippen LogP contribution in [0.2, 0.25) is 0 Å². The smallest absolute Gasteiger partial charge is 0.270 e. The molecule has 34 heavy (non-hydrogen) atoms. The molecular weight excluding hydrogens is 452 g/mol. The molecule has 0 fully saturated rings. The Morgan fingerprint density at radius 3 is 2.85 bits per heavy atom. The summed E-state index contributed by atoms with van der Waals surface area (Å²) in [6.45, 7) is 3.17. The molecule has 0 spiro atoms. The number of nitro benzene ring substituents is 1. The predicted molar refractivity (Wildman–Crippen MR) is 131 cm³/mol. The highest BCUT2D eigenvalue weighted by molar-refractivity contribution is 7.10. The van der Waals surface area contributed by atoms with E-state index in [9.17, 15) is 19.7 Å². The summed E-state index contributed by atoms with van der Waals surface area (Å²) in [5.41, 5.74) is 3.85. The minimum Gasteiger partial charge on any atom is -0.338 e. The van der Waals surface area contributed by atoms with E-state index >= 15 is 0 Å². The van der Waals surface area contributed by atoms with E-state index in [4.69, 9.17) is 0 Å². The first-order valence-electron chi connectivity index (χ1n) is 10.9. The first kappa shape index (κ1) is 21.8. The van der Waals surface area contributed by atoms with Gasteiger partial charge in [0.15, 0.2) is 0 Å². The van der Waals surface area contributed by atoms with Gasteiger partial charge in [-0.05, 0) is 60.2 Å². The summed E-state index contributed by atoms with van der Waals surface area (Å²) in [6, 6.07) is 13.7. The van der Waals surface area contributed by atoms with Crippen molar-refractivity contribution >= 4 is 45.4 Å². The predicted octanol–water partition coefficient (Wildman–Crippen LogP) is 4.76. The fraction of sp³-hybridized carbons (Fsp3) is 0.200. The van der Waals surface area contributed by atoms with Gasteiger partial charge >= 0.3 is 0 Å². The van der Waals surface area contributed by atoms with Crippen LogP contribution >= 0.6 is 11.3 Å². The molecule has 0 radical (unpaired) electrons. The SMILES string of the molecule is Cc1c(NC(=O)Cn2ccc3cc([N+](=O)[O-])ccc32)cccc1C(=O)N1CCc2sccc2C1. The zero-order valence-electron chi connectivity index (χ0n) is 18.5. The number of hydrogen-bond acceptors (Lipinski definition) is 5. The third-order valence-electron chi connectivity index (χ3n) is 6.21. The number of rotatable bonds is 5. The third kappa shape index (κ3) is 4.06. The molecule has 0 unspecified atom stereocenters. The molecule has 1 N–H and O–H groups in total. The Balaban J connectivity index is 1.31. The van der Waals surface area contributed by atoms with Crippen LogP contribution in [0.1, 0.15) is 26.4 Å². The molecule has 5 rings (SSSR count). The summed E-state index contributed by atoms with van der Waals surface area (Å²) in [7, 11) is 0. The van der Waals surface area contributed by atoms with Crippen LogP contribution in [0.5, 0.6) is 0 Å². The molecule has 0 aliphatic carbocycles. The maximum absolute atomic E-state index is 13.2. The standard InChI is InChI=1S/C25H22N4O4S/c1-16-20(25(31)28-11-8-23-18(14-28)9-12-34-23)3-2-4-21(16)26-24(30)15-27-10-7-17-13-19(29(32)33)5-6-22(17)27/h2-7,9-10,12-13H,8,11,14-15H2,1H3,(H,26,30). The van der Waals surface area contributed by atoms with Gasteiger partial charge in [0.2, 0.25) is 5.91 Å². The molecule has 0 atom stereocenters. The van der Waals surface area contributed by atoms with Gasteiger partial charge in [-0.3, -0.25) is 19.7 Å². The Morgan fingerprint density at radius 1 is 1.18 bits per heavy atom. The maximum Gasteiger partial charge on any atom is 0.270 e. The second-order valence-electron chi connectivity index (χ2n) is 8.32. The van der Waals surface area contributed by atoms with Gasteiger partial charge in [-0.1, -0.05) is 6.07 Å². The Labute approximate surface area is 199 Å². The lowest BCUT2D eigenvalue weighted by molar-refractivity contribution is -0.384. The lowest BCUT2D eigenvalue weighted by Gasteiger charge is -2.28. The van der Waals surface area contributed by atoms with Gasteiger partial charge in [-0.2, -0.15) is 0 Å². The van der Waals surface area contributed by atoms with Crippen molar-refractivity contribution in [3.8, 4) is 0 Å². The summed E-state index contributed by atoms with van der Waals surface area (Å²) < 4.78 is 1.74. The van der Waals surface area contributed by atoms with Gasteiger partial charge in [0, 0.05) is 58.5 Å². The molecule has 0 bridgehead atoms. The van der Waals surface area contributed by atoms with Crippen LogP contribution in [0.3, 0.4) is 0 Å². The van der Waals surface area contributed by atoms with Gasteiger partial charge in [0.1, 0.15) is 6.54 Å². The Hall–Kier alpha value is -3.98. The van der Waals surface area contributed by atoms with Crippen molar-refractivity contribution in [3.63, 3.8) is 0 Å². The lowest BCUT2D eigenvalue weighted by Crippen LogP contribution is -2.35. The van der Waals surface area contributed by atoms with Crippen LogP contribution in [0.15, 0.2) is 60.1 Å². The van der Waals surface area contributed by atoms with Crippen molar-refractivity contribution in [2.24, 2.45) is 0 Å². The molecule has 2 aromatic carbocycles. The van der Waals surface area contributed by atoms with E-state index in [1.807, 2.05) is 11.8 Å². The summed E-state index contributed by atoms with van der Waals surface area (Å²) in [4.78, 5) is 39.8. The molecule has 3 heterocycles. The summed E-state index contributed by atoms with van der Waals surface area (Å²) in [5.74, 6) is -0.284. The van der Waals surface area contributed by atoms with Crippen molar-refractivity contribution in [2.75, 3.05) is 11.9 Å². The first-order valence-corrected chi connectivity index (χ1v) is 11.8. The highest BCUT2D eigenvalue weighted by Crippen LogP contribution is 2.27. The highest BCUT2D eigenvalue weighted by atomic mass is 32.1. The van der Waals surface area contributed by atoms with Crippen molar-refractivity contribution in [1.29, 1.82) is 0 Å². The molecule has 2 amide bonds. The van der Waals surface area contributed by atoms with Gasteiger partial charge in [-0.15, -0.1) is 11.3 Å².